The Morgan fingerprint density at radius 1 is 1.14 bits per heavy atom. The number of nitrogens with one attached hydrogen (secondary N) is 1. The number of para-hydroxylation sites is 1. The zero-order valence-corrected chi connectivity index (χ0v) is 17.3. The Hall–Kier alpha value is -2.60. The van der Waals surface area contributed by atoms with Crippen LogP contribution in [0.15, 0.2) is 48.5 Å². The van der Waals surface area contributed by atoms with Crippen LogP contribution >= 0.6 is 0 Å². The topological polar surface area (TPSA) is 66.5 Å². The minimum atomic E-state index is -3.18. The van der Waals surface area contributed by atoms with Gasteiger partial charge in [0.1, 0.15) is 0 Å². The first kappa shape index (κ1) is 20.1. The van der Waals surface area contributed by atoms with Crippen molar-refractivity contribution < 1.29 is 13.2 Å². The summed E-state index contributed by atoms with van der Waals surface area (Å²) in [6.45, 7) is 6.70. The molecule has 0 atom stereocenters. The standard InChI is InChI=1S/C22H26N2O3S/c1-16(2)20-7-4-6-17(3)22(20)23-21(25)13-10-18-8-11-19(12-9-18)24-14-5-15-28(24,26)27/h4,6-13,16H,5,14-15H2,1-3H3,(H,23,25)/b13-10+. The molecule has 2 aromatic carbocycles. The fourth-order valence-corrected chi connectivity index (χ4v) is 4.92. The molecule has 28 heavy (non-hydrogen) atoms. The minimum absolute atomic E-state index is 0.192. The van der Waals surface area contributed by atoms with Gasteiger partial charge >= 0.3 is 0 Å². The van der Waals surface area contributed by atoms with Gasteiger partial charge in [-0.2, -0.15) is 0 Å². The van der Waals surface area contributed by atoms with Crippen LogP contribution < -0.4 is 9.62 Å². The Bertz CT molecular complexity index is 993. The predicted molar refractivity (Wildman–Crippen MR) is 115 cm³/mol. The van der Waals surface area contributed by atoms with Crippen molar-refractivity contribution in [2.75, 3.05) is 21.9 Å². The van der Waals surface area contributed by atoms with E-state index in [4.69, 9.17) is 0 Å². The second kappa shape index (κ2) is 8.19. The molecule has 3 rings (SSSR count). The summed E-state index contributed by atoms with van der Waals surface area (Å²) in [4.78, 5) is 12.4. The molecule has 1 saturated heterocycles. The molecule has 0 radical (unpaired) electrons. The van der Waals surface area contributed by atoms with Crippen molar-refractivity contribution in [1.29, 1.82) is 0 Å². The average molecular weight is 399 g/mol. The summed E-state index contributed by atoms with van der Waals surface area (Å²) in [5.41, 5.74) is 4.51. The molecule has 0 saturated carbocycles. The summed E-state index contributed by atoms with van der Waals surface area (Å²) < 4.78 is 25.4. The van der Waals surface area contributed by atoms with E-state index in [1.165, 1.54) is 10.4 Å². The Balaban J connectivity index is 1.70. The van der Waals surface area contributed by atoms with Gasteiger partial charge < -0.3 is 5.32 Å². The van der Waals surface area contributed by atoms with Gasteiger partial charge in [-0.1, -0.05) is 44.2 Å². The van der Waals surface area contributed by atoms with Crippen LogP contribution in [0, 0.1) is 6.92 Å². The van der Waals surface area contributed by atoms with Gasteiger partial charge in [0.2, 0.25) is 15.9 Å². The fraction of sp³-hybridized carbons (Fsp3) is 0.318. The Morgan fingerprint density at radius 3 is 2.46 bits per heavy atom. The molecule has 1 heterocycles. The highest BCUT2D eigenvalue weighted by atomic mass is 32.2. The molecule has 148 valence electrons. The van der Waals surface area contributed by atoms with Gasteiger partial charge in [-0.3, -0.25) is 9.10 Å². The van der Waals surface area contributed by atoms with Crippen molar-refractivity contribution in [2.24, 2.45) is 0 Å². The van der Waals surface area contributed by atoms with Crippen molar-refractivity contribution >= 4 is 33.4 Å². The predicted octanol–water partition coefficient (Wildman–Crippen LogP) is 4.31. The van der Waals surface area contributed by atoms with E-state index in [1.54, 1.807) is 18.2 Å². The van der Waals surface area contributed by atoms with Crippen LogP contribution in [0.2, 0.25) is 0 Å². The molecule has 5 nitrogen and oxygen atoms in total. The highest BCUT2D eigenvalue weighted by Gasteiger charge is 2.28. The van der Waals surface area contributed by atoms with Gasteiger partial charge in [-0.15, -0.1) is 0 Å². The molecule has 1 aliphatic rings. The van der Waals surface area contributed by atoms with Crippen molar-refractivity contribution in [2.45, 2.75) is 33.1 Å². The van der Waals surface area contributed by atoms with E-state index in [2.05, 4.69) is 19.2 Å². The third kappa shape index (κ3) is 4.44. The Morgan fingerprint density at radius 2 is 1.86 bits per heavy atom. The number of aryl methyl sites for hydroxylation is 1. The molecule has 1 N–H and O–H groups in total. The number of benzene rings is 2. The monoisotopic (exact) mass is 398 g/mol. The van der Waals surface area contributed by atoms with Crippen molar-refractivity contribution in [3.8, 4) is 0 Å². The molecule has 0 aromatic heterocycles. The molecule has 1 amide bonds. The lowest BCUT2D eigenvalue weighted by Crippen LogP contribution is -2.24. The first-order valence-electron chi connectivity index (χ1n) is 9.47. The Kier molecular flexibility index (Phi) is 5.89. The summed E-state index contributed by atoms with van der Waals surface area (Å²) in [7, 11) is -3.18. The number of amides is 1. The lowest BCUT2D eigenvalue weighted by atomic mass is 9.98. The first-order chi connectivity index (χ1) is 13.3. The second-order valence-electron chi connectivity index (χ2n) is 7.35. The SMILES string of the molecule is Cc1cccc(C(C)C)c1NC(=O)/C=C/c1ccc(N2CCCS2(=O)=O)cc1. The van der Waals surface area contributed by atoms with E-state index < -0.39 is 10.0 Å². The number of anilines is 2. The van der Waals surface area contributed by atoms with E-state index >= 15 is 0 Å². The van der Waals surface area contributed by atoms with Crippen LogP contribution in [0.1, 0.15) is 42.9 Å². The summed E-state index contributed by atoms with van der Waals surface area (Å²) in [6.07, 6.45) is 3.88. The lowest BCUT2D eigenvalue weighted by Gasteiger charge is -2.16. The van der Waals surface area contributed by atoms with Crippen molar-refractivity contribution in [3.05, 3.63) is 65.2 Å². The third-order valence-corrected chi connectivity index (χ3v) is 6.75. The van der Waals surface area contributed by atoms with E-state index in [0.717, 1.165) is 22.4 Å². The lowest BCUT2D eigenvalue weighted by molar-refractivity contribution is -0.111. The number of rotatable bonds is 5. The number of sulfonamides is 1. The molecule has 0 aliphatic carbocycles. The van der Waals surface area contributed by atoms with E-state index in [9.17, 15) is 13.2 Å². The fourth-order valence-electron chi connectivity index (χ4n) is 3.36. The molecular formula is C22H26N2O3S. The zero-order chi connectivity index (χ0) is 20.3. The second-order valence-corrected chi connectivity index (χ2v) is 9.36. The van der Waals surface area contributed by atoms with Crippen molar-refractivity contribution in [3.63, 3.8) is 0 Å². The van der Waals surface area contributed by atoms with Gasteiger partial charge in [-0.05, 0) is 54.2 Å². The number of carbonyl (C=O) groups is 1. The van der Waals surface area contributed by atoms with Crippen LogP contribution in [0.3, 0.4) is 0 Å². The van der Waals surface area contributed by atoms with Crippen LogP contribution in [0.25, 0.3) is 6.08 Å². The summed E-state index contributed by atoms with van der Waals surface area (Å²) in [5.74, 6) is 0.322. The number of hydrogen-bond acceptors (Lipinski definition) is 3. The maximum absolute atomic E-state index is 12.4. The normalized spacial score (nSPS) is 16.1. The van der Waals surface area contributed by atoms with Gasteiger partial charge in [-0.25, -0.2) is 8.42 Å². The summed E-state index contributed by atoms with van der Waals surface area (Å²) in [6, 6.07) is 13.2. The quantitative estimate of drug-likeness (QED) is 0.763. The molecule has 6 heteroatoms. The first-order valence-corrected chi connectivity index (χ1v) is 11.1. The van der Waals surface area contributed by atoms with Gasteiger partial charge in [0.15, 0.2) is 0 Å². The van der Waals surface area contributed by atoms with Gasteiger partial charge in [0.05, 0.1) is 11.4 Å². The highest BCUT2D eigenvalue weighted by molar-refractivity contribution is 7.93. The van der Waals surface area contributed by atoms with Gasteiger partial charge in [0.25, 0.3) is 0 Å². The largest absolute Gasteiger partial charge is 0.322 e. The summed E-state index contributed by atoms with van der Waals surface area (Å²) >= 11 is 0. The van der Waals surface area contributed by atoms with Crippen LogP contribution in [0.4, 0.5) is 11.4 Å². The molecule has 2 aromatic rings. The molecule has 1 aliphatic heterocycles. The Labute approximate surface area is 167 Å². The third-order valence-electron chi connectivity index (χ3n) is 4.88. The molecule has 1 fully saturated rings. The minimum Gasteiger partial charge on any atom is -0.322 e. The van der Waals surface area contributed by atoms with Crippen molar-refractivity contribution in [1.82, 2.24) is 0 Å². The number of hydrogen-bond donors (Lipinski definition) is 1. The van der Waals surface area contributed by atoms with Crippen LogP contribution in [-0.2, 0) is 14.8 Å². The smallest absolute Gasteiger partial charge is 0.248 e. The summed E-state index contributed by atoms with van der Waals surface area (Å²) in [5, 5.41) is 2.98. The maximum Gasteiger partial charge on any atom is 0.248 e. The molecule has 0 spiro atoms. The number of carbonyl (C=O) groups excluding carboxylic acids is 1. The van der Waals surface area contributed by atoms with E-state index in [0.29, 0.717) is 24.6 Å². The molecular weight excluding hydrogens is 372 g/mol. The molecule has 0 bridgehead atoms. The van der Waals surface area contributed by atoms with E-state index in [1.807, 2.05) is 37.3 Å². The molecule has 0 unspecified atom stereocenters. The van der Waals surface area contributed by atoms with Gasteiger partial charge in [0, 0.05) is 18.3 Å². The van der Waals surface area contributed by atoms with E-state index in [-0.39, 0.29) is 11.7 Å². The zero-order valence-electron chi connectivity index (χ0n) is 16.5. The average Bonchev–Trinajstić information content (AvgIpc) is 3.01. The highest BCUT2D eigenvalue weighted by Crippen LogP contribution is 2.27. The van der Waals surface area contributed by atoms with Crippen LogP contribution in [0.5, 0.6) is 0 Å². The number of nitrogens with zero attached hydrogens (tertiary/aromatic N) is 1. The maximum atomic E-state index is 12.4. The van der Waals surface area contributed by atoms with Crippen LogP contribution in [-0.4, -0.2) is 26.6 Å².